The molecule has 67 valence electrons. The first-order valence-electron chi connectivity index (χ1n) is 5.09. The maximum absolute atomic E-state index is 5.64. The van der Waals surface area contributed by atoms with Gasteiger partial charge in [-0.3, -0.25) is 0 Å². The van der Waals surface area contributed by atoms with Gasteiger partial charge in [-0.1, -0.05) is 25.0 Å². The van der Waals surface area contributed by atoms with Crippen LogP contribution in [0.1, 0.15) is 32.6 Å². The van der Waals surface area contributed by atoms with Crippen LogP contribution >= 0.6 is 0 Å². The van der Waals surface area contributed by atoms with Gasteiger partial charge in [-0.2, -0.15) is 0 Å². The summed E-state index contributed by atoms with van der Waals surface area (Å²) in [5, 5.41) is 0. The van der Waals surface area contributed by atoms with E-state index in [-0.39, 0.29) is 0 Å². The van der Waals surface area contributed by atoms with Gasteiger partial charge in [0.05, 0.1) is 0 Å². The third kappa shape index (κ3) is 1.20. The van der Waals surface area contributed by atoms with Gasteiger partial charge in [-0.15, -0.1) is 0 Å². The van der Waals surface area contributed by atoms with Crippen LogP contribution in [-0.4, -0.2) is 6.54 Å². The van der Waals surface area contributed by atoms with Crippen LogP contribution in [0.25, 0.3) is 0 Å². The lowest BCUT2D eigenvalue weighted by atomic mass is 9.66. The summed E-state index contributed by atoms with van der Waals surface area (Å²) >= 11 is 0. The topological polar surface area (TPSA) is 26.0 Å². The Morgan fingerprint density at radius 3 is 3.00 bits per heavy atom. The van der Waals surface area contributed by atoms with Crippen molar-refractivity contribution < 1.29 is 0 Å². The monoisotopic (exact) mass is 164 g/mol. The summed E-state index contributed by atoms with van der Waals surface area (Å²) in [7, 11) is 0. The fraction of sp³-hybridized carbons (Fsp3) is 0.727. The van der Waals surface area contributed by atoms with E-state index in [0.29, 0.717) is 0 Å². The van der Waals surface area contributed by atoms with Crippen LogP contribution in [0.3, 0.4) is 0 Å². The molecule has 1 fully saturated rings. The standard InChI is InChI=1S/C11H18N/c1-2-3-8-4-9-6-10(7-12)11(9)5-8/h5,9,11H,2-4,6-7,12H2,1H3/t9-,11+/m1/s1. The quantitative estimate of drug-likeness (QED) is 0.636. The summed E-state index contributed by atoms with van der Waals surface area (Å²) in [6.45, 7) is 3.08. The maximum Gasteiger partial charge on any atom is -0.000863 e. The SMILES string of the molecule is CCCC1=C[C@@H]2[C](CN)C[C@H]2C1. The molecule has 1 heteroatoms. The molecule has 2 rings (SSSR count). The lowest BCUT2D eigenvalue weighted by Crippen LogP contribution is -2.35. The first-order chi connectivity index (χ1) is 5.85. The van der Waals surface area contributed by atoms with Gasteiger partial charge in [0.25, 0.3) is 0 Å². The first-order valence-corrected chi connectivity index (χ1v) is 5.09. The molecule has 2 aliphatic carbocycles. The lowest BCUT2D eigenvalue weighted by Gasteiger charge is -2.38. The molecule has 0 saturated heterocycles. The van der Waals surface area contributed by atoms with Gasteiger partial charge in [0.1, 0.15) is 0 Å². The molecule has 0 aromatic carbocycles. The Kier molecular flexibility index (Phi) is 2.22. The molecular formula is C11H18N. The summed E-state index contributed by atoms with van der Waals surface area (Å²) in [5.74, 6) is 3.33. The van der Waals surface area contributed by atoms with Crippen LogP contribution in [-0.2, 0) is 0 Å². The van der Waals surface area contributed by atoms with Crippen LogP contribution in [0, 0.1) is 17.8 Å². The molecule has 12 heavy (non-hydrogen) atoms. The second-order valence-corrected chi connectivity index (χ2v) is 4.13. The molecule has 2 atom stereocenters. The number of hydrogen-bond acceptors (Lipinski definition) is 1. The average molecular weight is 164 g/mol. The Morgan fingerprint density at radius 1 is 1.50 bits per heavy atom. The Morgan fingerprint density at radius 2 is 2.33 bits per heavy atom. The summed E-state index contributed by atoms with van der Waals surface area (Å²) in [5.41, 5.74) is 7.33. The van der Waals surface area contributed by atoms with Crippen molar-refractivity contribution >= 4 is 0 Å². The highest BCUT2D eigenvalue weighted by Crippen LogP contribution is 2.51. The molecule has 0 aromatic heterocycles. The third-order valence-corrected chi connectivity index (χ3v) is 3.28. The Bertz CT molecular complexity index is 195. The van der Waals surface area contributed by atoms with Crippen molar-refractivity contribution in [1.29, 1.82) is 0 Å². The van der Waals surface area contributed by atoms with E-state index in [1.807, 2.05) is 0 Å². The van der Waals surface area contributed by atoms with Crippen molar-refractivity contribution in [3.8, 4) is 0 Å². The number of allylic oxidation sites excluding steroid dienone is 2. The van der Waals surface area contributed by atoms with Gasteiger partial charge in [0, 0.05) is 0 Å². The van der Waals surface area contributed by atoms with Crippen molar-refractivity contribution in [2.45, 2.75) is 32.6 Å². The molecule has 0 aromatic rings. The van der Waals surface area contributed by atoms with Gasteiger partial charge in [-0.25, -0.2) is 0 Å². The summed E-state index contributed by atoms with van der Waals surface area (Å²) in [6, 6.07) is 0. The van der Waals surface area contributed by atoms with Gasteiger partial charge in [-0.05, 0) is 43.6 Å². The fourth-order valence-corrected chi connectivity index (χ4v) is 2.61. The summed E-state index contributed by atoms with van der Waals surface area (Å²) < 4.78 is 0. The minimum atomic E-state index is 0.788. The highest BCUT2D eigenvalue weighted by molar-refractivity contribution is 5.28. The molecule has 1 saturated carbocycles. The molecule has 0 heterocycles. The summed E-state index contributed by atoms with van der Waals surface area (Å²) in [6.07, 6.45) is 7.76. The van der Waals surface area contributed by atoms with E-state index in [2.05, 4.69) is 13.0 Å². The maximum atomic E-state index is 5.64. The Labute approximate surface area is 75.0 Å². The largest absolute Gasteiger partial charge is 0.330 e. The number of fused-ring (bicyclic) bond motifs is 1. The molecule has 0 spiro atoms. The van der Waals surface area contributed by atoms with Crippen LogP contribution in [0.4, 0.5) is 0 Å². The van der Waals surface area contributed by atoms with Crippen molar-refractivity contribution in [1.82, 2.24) is 0 Å². The second-order valence-electron chi connectivity index (χ2n) is 4.13. The summed E-state index contributed by atoms with van der Waals surface area (Å²) in [4.78, 5) is 0. The van der Waals surface area contributed by atoms with Gasteiger partial charge in [0.2, 0.25) is 0 Å². The molecule has 0 aliphatic heterocycles. The average Bonchev–Trinajstić information content (AvgIpc) is 2.33. The second kappa shape index (κ2) is 3.21. The van der Waals surface area contributed by atoms with E-state index in [0.717, 1.165) is 18.4 Å². The predicted octanol–water partition coefficient (Wildman–Crippen LogP) is 2.29. The number of hydrogen-bond donors (Lipinski definition) is 1. The smallest absolute Gasteiger partial charge is 0.000863 e. The van der Waals surface area contributed by atoms with Crippen molar-refractivity contribution in [3.63, 3.8) is 0 Å². The number of rotatable bonds is 3. The van der Waals surface area contributed by atoms with Crippen LogP contribution in [0.15, 0.2) is 11.6 Å². The van der Waals surface area contributed by atoms with Crippen molar-refractivity contribution in [2.75, 3.05) is 6.54 Å². The van der Waals surface area contributed by atoms with Crippen molar-refractivity contribution in [3.05, 3.63) is 17.6 Å². The van der Waals surface area contributed by atoms with E-state index in [4.69, 9.17) is 5.73 Å². The van der Waals surface area contributed by atoms with E-state index in [1.165, 1.54) is 25.7 Å². The van der Waals surface area contributed by atoms with Crippen LogP contribution in [0.2, 0.25) is 0 Å². The molecule has 0 amide bonds. The van der Waals surface area contributed by atoms with Crippen molar-refractivity contribution in [2.24, 2.45) is 17.6 Å². The zero-order chi connectivity index (χ0) is 8.55. The minimum absolute atomic E-state index is 0.788. The zero-order valence-electron chi connectivity index (χ0n) is 7.84. The first kappa shape index (κ1) is 8.31. The lowest BCUT2D eigenvalue weighted by molar-refractivity contribution is 0.283. The normalized spacial score (nSPS) is 34.3. The number of nitrogens with two attached hydrogens (primary N) is 1. The predicted molar refractivity (Wildman–Crippen MR) is 51.5 cm³/mol. The minimum Gasteiger partial charge on any atom is -0.330 e. The molecule has 0 bridgehead atoms. The van der Waals surface area contributed by atoms with Gasteiger partial charge >= 0.3 is 0 Å². The molecule has 2 N–H and O–H groups in total. The molecule has 1 nitrogen and oxygen atoms in total. The molecule has 0 unspecified atom stereocenters. The molecule has 1 radical (unpaired) electrons. The third-order valence-electron chi connectivity index (χ3n) is 3.28. The zero-order valence-corrected chi connectivity index (χ0v) is 7.84. The highest BCUT2D eigenvalue weighted by Gasteiger charge is 2.42. The van der Waals surface area contributed by atoms with Gasteiger partial charge in [0.15, 0.2) is 0 Å². The Hall–Kier alpha value is -0.300. The van der Waals surface area contributed by atoms with Crippen LogP contribution in [0.5, 0.6) is 0 Å². The van der Waals surface area contributed by atoms with Crippen LogP contribution < -0.4 is 5.73 Å². The molecular weight excluding hydrogens is 146 g/mol. The molecule has 2 aliphatic rings. The Balaban J connectivity index is 1.93. The van der Waals surface area contributed by atoms with E-state index in [1.54, 1.807) is 11.5 Å². The van der Waals surface area contributed by atoms with E-state index < -0.39 is 0 Å². The highest BCUT2D eigenvalue weighted by atomic mass is 14.6. The van der Waals surface area contributed by atoms with Gasteiger partial charge < -0.3 is 5.73 Å². The fourth-order valence-electron chi connectivity index (χ4n) is 2.61. The van der Waals surface area contributed by atoms with E-state index >= 15 is 0 Å². The van der Waals surface area contributed by atoms with E-state index in [9.17, 15) is 0 Å².